The first-order valence-electron chi connectivity index (χ1n) is 5.96. The number of hydrogen-bond donors (Lipinski definition) is 0. The molecule has 0 N–H and O–H groups in total. The van der Waals surface area contributed by atoms with E-state index in [0.29, 0.717) is 0 Å². The molecule has 1 saturated heterocycles. The Balaban J connectivity index is 1.78. The summed E-state index contributed by atoms with van der Waals surface area (Å²) in [7, 11) is 0. The highest BCUT2D eigenvalue weighted by atomic mass is 32.2. The van der Waals surface area contributed by atoms with Gasteiger partial charge in [-0.3, -0.25) is 0 Å². The summed E-state index contributed by atoms with van der Waals surface area (Å²) in [6.45, 7) is 0. The van der Waals surface area contributed by atoms with Crippen LogP contribution in [0.2, 0.25) is 0 Å². The van der Waals surface area contributed by atoms with Crippen LogP contribution in [0.5, 0.6) is 0 Å². The standard InChI is InChI=1S/C13H16N2S/c1-3-7-15-10-11(14-13(15)6-1)9-12-5-2-4-8-16-12/h1,3,6-7,10,12H,2,4-5,8-9H2. The van der Waals surface area contributed by atoms with E-state index in [1.807, 2.05) is 12.1 Å². The molecule has 3 heterocycles. The van der Waals surface area contributed by atoms with Gasteiger partial charge in [-0.15, -0.1) is 0 Å². The molecule has 0 aromatic carbocycles. The number of fused-ring (bicyclic) bond motifs is 1. The van der Waals surface area contributed by atoms with Gasteiger partial charge in [-0.2, -0.15) is 11.8 Å². The smallest absolute Gasteiger partial charge is 0.136 e. The van der Waals surface area contributed by atoms with Gasteiger partial charge in [0.1, 0.15) is 5.65 Å². The van der Waals surface area contributed by atoms with Gasteiger partial charge in [0.05, 0.1) is 5.69 Å². The Bertz CT molecular complexity index is 438. The Hall–Kier alpha value is -0.960. The molecule has 2 aromatic heterocycles. The average Bonchev–Trinajstić information content (AvgIpc) is 2.72. The molecule has 0 radical (unpaired) electrons. The predicted molar refractivity (Wildman–Crippen MR) is 69.0 cm³/mol. The fraction of sp³-hybridized carbons (Fsp3) is 0.462. The number of nitrogens with zero attached hydrogens (tertiary/aromatic N) is 2. The van der Waals surface area contributed by atoms with Crippen molar-refractivity contribution in [3.05, 3.63) is 36.3 Å². The van der Waals surface area contributed by atoms with Crippen LogP contribution < -0.4 is 0 Å². The number of imidazole rings is 1. The lowest BCUT2D eigenvalue weighted by molar-refractivity contribution is 0.656. The fourth-order valence-corrected chi connectivity index (χ4v) is 3.61. The van der Waals surface area contributed by atoms with Crippen molar-refractivity contribution < 1.29 is 0 Å². The summed E-state index contributed by atoms with van der Waals surface area (Å²) in [5.41, 5.74) is 2.31. The molecule has 1 unspecified atom stereocenters. The van der Waals surface area contributed by atoms with E-state index in [2.05, 4.69) is 39.6 Å². The number of pyridine rings is 1. The molecule has 1 fully saturated rings. The zero-order chi connectivity index (χ0) is 10.8. The van der Waals surface area contributed by atoms with Crippen molar-refractivity contribution in [2.75, 3.05) is 5.75 Å². The summed E-state index contributed by atoms with van der Waals surface area (Å²) in [5, 5.41) is 0.790. The molecular weight excluding hydrogens is 216 g/mol. The summed E-state index contributed by atoms with van der Waals surface area (Å²) in [6, 6.07) is 6.16. The van der Waals surface area contributed by atoms with E-state index < -0.39 is 0 Å². The number of rotatable bonds is 2. The molecule has 0 bridgehead atoms. The van der Waals surface area contributed by atoms with E-state index in [1.54, 1.807) is 0 Å². The van der Waals surface area contributed by atoms with Crippen molar-refractivity contribution in [2.45, 2.75) is 30.9 Å². The zero-order valence-electron chi connectivity index (χ0n) is 9.30. The first-order valence-corrected chi connectivity index (χ1v) is 7.01. The Labute approximate surface area is 100 Å². The molecule has 3 rings (SSSR count). The monoisotopic (exact) mass is 232 g/mol. The van der Waals surface area contributed by atoms with Crippen LogP contribution in [0.15, 0.2) is 30.6 Å². The Morgan fingerprint density at radius 1 is 1.38 bits per heavy atom. The summed E-state index contributed by atoms with van der Waals surface area (Å²) >= 11 is 2.12. The van der Waals surface area contributed by atoms with Gasteiger partial charge in [-0.05, 0) is 30.7 Å². The Morgan fingerprint density at radius 3 is 3.19 bits per heavy atom. The second kappa shape index (κ2) is 4.50. The van der Waals surface area contributed by atoms with E-state index in [0.717, 1.165) is 17.3 Å². The summed E-state index contributed by atoms with van der Waals surface area (Å²) in [4.78, 5) is 4.66. The first kappa shape index (κ1) is 10.2. The molecule has 2 aromatic rings. The van der Waals surface area contributed by atoms with E-state index in [9.17, 15) is 0 Å². The van der Waals surface area contributed by atoms with E-state index in [1.165, 1.54) is 30.7 Å². The van der Waals surface area contributed by atoms with Gasteiger partial charge < -0.3 is 4.40 Å². The summed E-state index contributed by atoms with van der Waals surface area (Å²) in [5.74, 6) is 1.33. The molecule has 0 amide bonds. The number of aromatic nitrogens is 2. The van der Waals surface area contributed by atoms with Gasteiger partial charge in [0.15, 0.2) is 0 Å². The first-order chi connectivity index (χ1) is 7.92. The molecule has 16 heavy (non-hydrogen) atoms. The molecule has 1 aliphatic heterocycles. The predicted octanol–water partition coefficient (Wildman–Crippen LogP) is 3.16. The third-order valence-electron chi connectivity index (χ3n) is 3.12. The van der Waals surface area contributed by atoms with Crippen molar-refractivity contribution >= 4 is 17.4 Å². The highest BCUT2D eigenvalue weighted by Crippen LogP contribution is 2.27. The molecule has 0 saturated carbocycles. The van der Waals surface area contributed by atoms with Crippen molar-refractivity contribution in [1.29, 1.82) is 0 Å². The molecule has 3 heteroatoms. The van der Waals surface area contributed by atoms with Crippen molar-refractivity contribution in [3.63, 3.8) is 0 Å². The molecule has 1 atom stereocenters. The lowest BCUT2D eigenvalue weighted by atomic mass is 10.1. The molecule has 84 valence electrons. The van der Waals surface area contributed by atoms with Crippen molar-refractivity contribution in [2.24, 2.45) is 0 Å². The largest absolute Gasteiger partial charge is 0.307 e. The van der Waals surface area contributed by atoms with Gasteiger partial charge >= 0.3 is 0 Å². The van der Waals surface area contributed by atoms with Gasteiger partial charge in [0, 0.05) is 24.1 Å². The molecule has 0 aliphatic carbocycles. The van der Waals surface area contributed by atoms with Crippen LogP contribution in [0.3, 0.4) is 0 Å². The van der Waals surface area contributed by atoms with Crippen LogP contribution >= 0.6 is 11.8 Å². The van der Waals surface area contributed by atoms with E-state index in [-0.39, 0.29) is 0 Å². The normalized spacial score (nSPS) is 21.4. The quantitative estimate of drug-likeness (QED) is 0.791. The van der Waals surface area contributed by atoms with Crippen LogP contribution in [0, 0.1) is 0 Å². The van der Waals surface area contributed by atoms with Crippen LogP contribution in [-0.2, 0) is 6.42 Å². The van der Waals surface area contributed by atoms with Gasteiger partial charge in [0.25, 0.3) is 0 Å². The zero-order valence-corrected chi connectivity index (χ0v) is 10.1. The minimum absolute atomic E-state index is 0.790. The summed E-state index contributed by atoms with van der Waals surface area (Å²) in [6.07, 6.45) is 9.52. The van der Waals surface area contributed by atoms with Gasteiger partial charge in [-0.25, -0.2) is 4.98 Å². The Morgan fingerprint density at radius 2 is 2.38 bits per heavy atom. The third kappa shape index (κ3) is 2.09. The average molecular weight is 232 g/mol. The second-order valence-corrected chi connectivity index (χ2v) is 5.80. The summed E-state index contributed by atoms with van der Waals surface area (Å²) < 4.78 is 2.11. The number of hydrogen-bond acceptors (Lipinski definition) is 2. The van der Waals surface area contributed by atoms with Crippen molar-refractivity contribution in [1.82, 2.24) is 9.38 Å². The maximum Gasteiger partial charge on any atom is 0.136 e. The lowest BCUT2D eigenvalue weighted by Gasteiger charge is -2.19. The van der Waals surface area contributed by atoms with Gasteiger partial charge in [-0.1, -0.05) is 12.5 Å². The topological polar surface area (TPSA) is 17.3 Å². The lowest BCUT2D eigenvalue weighted by Crippen LogP contribution is -2.12. The number of thioether (sulfide) groups is 1. The molecule has 1 aliphatic rings. The molecule has 0 spiro atoms. The van der Waals surface area contributed by atoms with E-state index >= 15 is 0 Å². The minimum Gasteiger partial charge on any atom is -0.307 e. The highest BCUT2D eigenvalue weighted by molar-refractivity contribution is 7.99. The van der Waals surface area contributed by atoms with Crippen LogP contribution in [0.1, 0.15) is 25.0 Å². The molecule has 2 nitrogen and oxygen atoms in total. The van der Waals surface area contributed by atoms with Crippen molar-refractivity contribution in [3.8, 4) is 0 Å². The van der Waals surface area contributed by atoms with Crippen LogP contribution in [-0.4, -0.2) is 20.4 Å². The maximum atomic E-state index is 4.66. The second-order valence-electron chi connectivity index (χ2n) is 4.39. The van der Waals surface area contributed by atoms with Gasteiger partial charge in [0.2, 0.25) is 0 Å². The highest BCUT2D eigenvalue weighted by Gasteiger charge is 2.15. The van der Waals surface area contributed by atoms with E-state index in [4.69, 9.17) is 0 Å². The molecular formula is C13H16N2S. The third-order valence-corrected chi connectivity index (χ3v) is 4.52. The minimum atomic E-state index is 0.790. The Kier molecular flexibility index (Phi) is 2.87. The maximum absolute atomic E-state index is 4.66. The SMILES string of the molecule is c1ccn2cc(CC3CCCCS3)nc2c1. The van der Waals surface area contributed by atoms with Crippen LogP contribution in [0.4, 0.5) is 0 Å². The van der Waals surface area contributed by atoms with Crippen LogP contribution in [0.25, 0.3) is 5.65 Å². The fourth-order valence-electron chi connectivity index (χ4n) is 2.29.